The molecule has 1 aromatic heterocycles. The van der Waals surface area contributed by atoms with Crippen molar-refractivity contribution in [1.82, 2.24) is 4.98 Å². The Morgan fingerprint density at radius 2 is 2.06 bits per heavy atom. The van der Waals surface area contributed by atoms with E-state index in [1.807, 2.05) is 0 Å². The van der Waals surface area contributed by atoms with E-state index in [9.17, 15) is 0 Å². The number of benzene rings is 1. The molecule has 0 aliphatic heterocycles. The largest absolute Gasteiger partial charge is 0.497 e. The van der Waals surface area contributed by atoms with Crippen LogP contribution in [0.1, 0.15) is 0 Å². The zero-order chi connectivity index (χ0) is 11.4. The molecule has 83 valence electrons. The molecule has 0 atom stereocenters. The Balaban J connectivity index is 2.30. The number of oxazole rings is 1. The molecule has 2 aromatic rings. The number of ether oxygens (including phenoxy) is 3. The average molecular weight is 220 g/mol. The minimum Gasteiger partial charge on any atom is -0.497 e. The molecule has 5 heteroatoms. The van der Waals surface area contributed by atoms with Gasteiger partial charge in [0.05, 0.1) is 14.2 Å². The lowest BCUT2D eigenvalue weighted by molar-refractivity contribution is 0.308. The third kappa shape index (κ3) is 2.08. The number of nitrogens with zero attached hydrogens (tertiary/aromatic N) is 1. The van der Waals surface area contributed by atoms with Gasteiger partial charge in [-0.3, -0.25) is 0 Å². The van der Waals surface area contributed by atoms with Crippen LogP contribution in [0.3, 0.4) is 0 Å². The molecule has 0 spiro atoms. The van der Waals surface area contributed by atoms with Crippen molar-refractivity contribution in [2.45, 2.75) is 0 Å². The van der Waals surface area contributed by atoms with Gasteiger partial charge in [0.25, 0.3) is 0 Å². The average Bonchev–Trinajstić information content (AvgIpc) is 2.82. The van der Waals surface area contributed by atoms with Crippen molar-refractivity contribution < 1.29 is 18.6 Å². The number of methoxy groups -OCH3 is 2. The molecule has 0 saturated heterocycles. The minimum absolute atomic E-state index is 0.103. The summed E-state index contributed by atoms with van der Waals surface area (Å²) in [7, 11) is 3.13. The molecule has 0 N–H and O–H groups in total. The molecule has 5 nitrogen and oxygen atoms in total. The van der Waals surface area contributed by atoms with Crippen molar-refractivity contribution in [2.75, 3.05) is 14.2 Å². The maximum absolute atomic E-state index is 5.37. The van der Waals surface area contributed by atoms with Gasteiger partial charge < -0.3 is 18.6 Å². The van der Waals surface area contributed by atoms with E-state index in [1.54, 1.807) is 32.4 Å². The molecule has 2 rings (SSSR count). The van der Waals surface area contributed by atoms with Gasteiger partial charge in [0.2, 0.25) is 0 Å². The zero-order valence-corrected chi connectivity index (χ0v) is 8.89. The third-order valence-electron chi connectivity index (χ3n) is 1.94. The Morgan fingerprint density at radius 1 is 1.19 bits per heavy atom. The molecule has 0 aliphatic rings. The molecule has 0 fully saturated rings. The number of hydrogen-bond donors (Lipinski definition) is 0. The summed E-state index contributed by atoms with van der Waals surface area (Å²) < 4.78 is 20.5. The van der Waals surface area contributed by atoms with Gasteiger partial charge in [-0.2, -0.15) is 4.98 Å². The Labute approximate surface area is 92.6 Å². The lowest BCUT2D eigenvalue weighted by Crippen LogP contribution is -1.91. The van der Waals surface area contributed by atoms with E-state index < -0.39 is 0 Å². The van der Waals surface area contributed by atoms with E-state index in [0.29, 0.717) is 17.2 Å². The number of rotatable bonds is 4. The van der Waals surface area contributed by atoms with Crippen LogP contribution in [0.25, 0.3) is 0 Å². The normalized spacial score (nSPS) is 9.88. The highest BCUT2D eigenvalue weighted by atomic mass is 16.6. The molecule has 0 bridgehead atoms. The summed E-state index contributed by atoms with van der Waals surface area (Å²) in [5.74, 6) is 1.70. The predicted octanol–water partition coefficient (Wildman–Crippen LogP) is 2.28. The first-order valence-electron chi connectivity index (χ1n) is 4.55. The second-order valence-corrected chi connectivity index (χ2v) is 2.86. The molecule has 1 radical (unpaired) electrons. The summed E-state index contributed by atoms with van der Waals surface area (Å²) in [5.41, 5.74) is 0. The molecule has 1 aromatic carbocycles. The number of aromatic nitrogens is 1. The fourth-order valence-corrected chi connectivity index (χ4v) is 1.19. The van der Waals surface area contributed by atoms with Crippen LogP contribution < -0.4 is 14.2 Å². The van der Waals surface area contributed by atoms with Gasteiger partial charge in [-0.15, -0.1) is 0 Å². The molecule has 1 heterocycles. The summed E-state index contributed by atoms with van der Waals surface area (Å²) in [5, 5.41) is 0. The monoisotopic (exact) mass is 220 g/mol. The van der Waals surface area contributed by atoms with Crippen molar-refractivity contribution in [3.8, 4) is 23.3 Å². The molecule has 16 heavy (non-hydrogen) atoms. The Bertz CT molecular complexity index is 453. The Hall–Kier alpha value is -2.17. The van der Waals surface area contributed by atoms with Crippen LogP contribution in [-0.4, -0.2) is 19.2 Å². The highest BCUT2D eigenvalue weighted by Gasteiger charge is 2.09. The van der Waals surface area contributed by atoms with Crippen molar-refractivity contribution in [2.24, 2.45) is 0 Å². The van der Waals surface area contributed by atoms with Gasteiger partial charge in [0.1, 0.15) is 18.2 Å². The summed E-state index contributed by atoms with van der Waals surface area (Å²) in [6, 6.07) is 5.19. The first kappa shape index (κ1) is 10.4. The standard InChI is InChI=1S/C11H10NO4/c1-13-8-3-4-9(14-2)10(7-8)16-11-12-5-6-15-11/h3-4,6-7H,1-2H3. The molecule has 0 aliphatic carbocycles. The van der Waals surface area contributed by atoms with E-state index in [2.05, 4.69) is 11.2 Å². The number of hydrogen-bond acceptors (Lipinski definition) is 5. The quantitative estimate of drug-likeness (QED) is 0.791. The summed E-state index contributed by atoms with van der Waals surface area (Å²) in [6.45, 7) is 0. The second kappa shape index (κ2) is 4.57. The smallest absolute Gasteiger partial charge is 0.399 e. The topological polar surface area (TPSA) is 53.7 Å². The Morgan fingerprint density at radius 3 is 2.69 bits per heavy atom. The van der Waals surface area contributed by atoms with Gasteiger partial charge >= 0.3 is 6.08 Å². The van der Waals surface area contributed by atoms with Gasteiger partial charge in [-0.1, -0.05) is 0 Å². The van der Waals surface area contributed by atoms with E-state index in [1.165, 1.54) is 6.26 Å². The molecular weight excluding hydrogens is 210 g/mol. The fourth-order valence-electron chi connectivity index (χ4n) is 1.19. The summed E-state index contributed by atoms with van der Waals surface area (Å²) in [4.78, 5) is 3.73. The third-order valence-corrected chi connectivity index (χ3v) is 1.94. The van der Waals surface area contributed by atoms with Crippen LogP contribution in [-0.2, 0) is 0 Å². The van der Waals surface area contributed by atoms with Crippen LogP contribution in [0.5, 0.6) is 23.3 Å². The molecule has 0 amide bonds. The highest BCUT2D eigenvalue weighted by Crippen LogP contribution is 2.33. The van der Waals surface area contributed by atoms with E-state index >= 15 is 0 Å². The van der Waals surface area contributed by atoms with Gasteiger partial charge in [0, 0.05) is 6.07 Å². The van der Waals surface area contributed by atoms with Gasteiger partial charge in [-0.05, 0) is 12.1 Å². The van der Waals surface area contributed by atoms with Gasteiger partial charge in [0.15, 0.2) is 11.5 Å². The zero-order valence-electron chi connectivity index (χ0n) is 8.89. The molecule has 0 unspecified atom stereocenters. The van der Waals surface area contributed by atoms with Crippen LogP contribution in [0.4, 0.5) is 0 Å². The second-order valence-electron chi connectivity index (χ2n) is 2.86. The maximum atomic E-state index is 5.37. The summed E-state index contributed by atoms with van der Waals surface area (Å²) >= 11 is 0. The maximum Gasteiger partial charge on any atom is 0.399 e. The fraction of sp³-hybridized carbons (Fsp3) is 0.182. The molecular formula is C11H10NO4. The van der Waals surface area contributed by atoms with Crippen LogP contribution in [0.2, 0.25) is 0 Å². The first-order valence-corrected chi connectivity index (χ1v) is 4.55. The first-order chi connectivity index (χ1) is 7.83. The lowest BCUT2D eigenvalue weighted by atomic mass is 10.3. The van der Waals surface area contributed by atoms with Crippen molar-refractivity contribution in [3.05, 3.63) is 30.7 Å². The molecule has 0 saturated carbocycles. The SMILES string of the molecule is COc1ccc(OC)c(Oc2n[c]co2)c1. The van der Waals surface area contributed by atoms with Gasteiger partial charge in [-0.25, -0.2) is 0 Å². The minimum atomic E-state index is 0.103. The Kier molecular flexibility index (Phi) is 2.95. The highest BCUT2D eigenvalue weighted by molar-refractivity contribution is 5.46. The predicted molar refractivity (Wildman–Crippen MR) is 55.0 cm³/mol. The summed E-state index contributed by atoms with van der Waals surface area (Å²) in [6.07, 6.45) is 3.91. The van der Waals surface area contributed by atoms with Crippen LogP contribution in [0, 0.1) is 6.20 Å². The van der Waals surface area contributed by atoms with Crippen LogP contribution >= 0.6 is 0 Å². The van der Waals surface area contributed by atoms with Crippen LogP contribution in [0.15, 0.2) is 28.9 Å². The van der Waals surface area contributed by atoms with Crippen molar-refractivity contribution in [1.29, 1.82) is 0 Å². The lowest BCUT2D eigenvalue weighted by Gasteiger charge is -2.08. The van der Waals surface area contributed by atoms with E-state index in [4.69, 9.17) is 18.6 Å². The van der Waals surface area contributed by atoms with E-state index in [0.717, 1.165) is 0 Å². The van der Waals surface area contributed by atoms with Crippen molar-refractivity contribution in [3.63, 3.8) is 0 Å². The van der Waals surface area contributed by atoms with Crippen molar-refractivity contribution >= 4 is 0 Å². The van der Waals surface area contributed by atoms with E-state index in [-0.39, 0.29) is 6.08 Å².